The highest BCUT2D eigenvalue weighted by Gasteiger charge is 2.21. The van der Waals surface area contributed by atoms with Crippen molar-refractivity contribution in [2.45, 2.75) is 12.8 Å². The van der Waals surface area contributed by atoms with Crippen LogP contribution in [0.25, 0.3) is 0 Å². The molecule has 3 rings (SSSR count). The molecular formula is C17H17FN2O3. The van der Waals surface area contributed by atoms with E-state index in [9.17, 15) is 9.18 Å². The summed E-state index contributed by atoms with van der Waals surface area (Å²) in [6.45, 7) is 1.19. The van der Waals surface area contributed by atoms with Crippen LogP contribution in [-0.4, -0.2) is 24.1 Å². The van der Waals surface area contributed by atoms with Crippen LogP contribution in [0.1, 0.15) is 12.8 Å². The summed E-state index contributed by atoms with van der Waals surface area (Å²) >= 11 is 0. The highest BCUT2D eigenvalue weighted by molar-refractivity contribution is 5.92. The third-order valence-electron chi connectivity index (χ3n) is 3.57. The van der Waals surface area contributed by atoms with Crippen LogP contribution in [0, 0.1) is 11.7 Å². The standard InChI is InChI=1S/C17H17FN2O3/c18-13-3-6-15(7-4-13)23-16-8-5-14(10-19-16)20-17(21)12-2-1-9-22-11-12/h3-8,10,12H,1-2,9,11H2,(H,20,21). The molecular weight excluding hydrogens is 299 g/mol. The molecule has 1 aliphatic heterocycles. The molecule has 1 saturated heterocycles. The number of halogens is 1. The van der Waals surface area contributed by atoms with Crippen molar-refractivity contribution in [1.29, 1.82) is 0 Å². The van der Waals surface area contributed by atoms with E-state index < -0.39 is 0 Å². The summed E-state index contributed by atoms with van der Waals surface area (Å²) in [7, 11) is 0. The van der Waals surface area contributed by atoms with Crippen molar-refractivity contribution in [3.63, 3.8) is 0 Å². The van der Waals surface area contributed by atoms with E-state index in [4.69, 9.17) is 9.47 Å². The van der Waals surface area contributed by atoms with Crippen LogP contribution in [0.5, 0.6) is 11.6 Å². The number of nitrogens with zero attached hydrogens (tertiary/aromatic N) is 1. The predicted molar refractivity (Wildman–Crippen MR) is 82.9 cm³/mol. The van der Waals surface area contributed by atoms with Crippen LogP contribution in [0.4, 0.5) is 10.1 Å². The van der Waals surface area contributed by atoms with E-state index in [0.717, 1.165) is 19.4 Å². The number of carbonyl (C=O) groups excluding carboxylic acids is 1. The van der Waals surface area contributed by atoms with Crippen molar-refractivity contribution >= 4 is 11.6 Å². The fraction of sp³-hybridized carbons (Fsp3) is 0.294. The molecule has 5 nitrogen and oxygen atoms in total. The number of rotatable bonds is 4. The summed E-state index contributed by atoms with van der Waals surface area (Å²) in [5.74, 6) is 0.373. The molecule has 1 aliphatic rings. The van der Waals surface area contributed by atoms with Crippen molar-refractivity contribution in [2.75, 3.05) is 18.5 Å². The smallest absolute Gasteiger partial charge is 0.229 e. The van der Waals surface area contributed by atoms with Crippen LogP contribution in [0.2, 0.25) is 0 Å². The minimum absolute atomic E-state index is 0.0568. The molecule has 1 aromatic carbocycles. The van der Waals surface area contributed by atoms with E-state index in [0.29, 0.717) is 23.9 Å². The Bertz CT molecular complexity index is 653. The van der Waals surface area contributed by atoms with Crippen molar-refractivity contribution < 1.29 is 18.7 Å². The zero-order chi connectivity index (χ0) is 16.1. The van der Waals surface area contributed by atoms with Gasteiger partial charge in [-0.05, 0) is 43.2 Å². The average molecular weight is 316 g/mol. The van der Waals surface area contributed by atoms with Crippen molar-refractivity contribution in [1.82, 2.24) is 4.98 Å². The average Bonchev–Trinajstić information content (AvgIpc) is 2.59. The minimum atomic E-state index is -0.324. The van der Waals surface area contributed by atoms with Crippen molar-refractivity contribution in [2.24, 2.45) is 5.92 Å². The molecule has 1 unspecified atom stereocenters. The molecule has 1 aromatic heterocycles. The van der Waals surface area contributed by atoms with E-state index in [1.165, 1.54) is 30.5 Å². The van der Waals surface area contributed by atoms with Crippen LogP contribution in [-0.2, 0) is 9.53 Å². The first kappa shape index (κ1) is 15.4. The summed E-state index contributed by atoms with van der Waals surface area (Å²) in [6, 6.07) is 9.04. The zero-order valence-corrected chi connectivity index (χ0v) is 12.5. The number of anilines is 1. The third-order valence-corrected chi connectivity index (χ3v) is 3.57. The second-order valence-electron chi connectivity index (χ2n) is 5.34. The van der Waals surface area contributed by atoms with Crippen LogP contribution in [0.3, 0.4) is 0 Å². The van der Waals surface area contributed by atoms with Gasteiger partial charge in [-0.15, -0.1) is 0 Å². The maximum absolute atomic E-state index is 12.8. The first-order valence-corrected chi connectivity index (χ1v) is 7.49. The molecule has 2 aromatic rings. The second kappa shape index (κ2) is 7.19. The number of nitrogens with one attached hydrogen (secondary N) is 1. The molecule has 0 saturated carbocycles. The van der Waals surface area contributed by atoms with Crippen LogP contribution in [0.15, 0.2) is 42.6 Å². The van der Waals surface area contributed by atoms with E-state index in [1.807, 2.05) is 0 Å². The van der Waals surface area contributed by atoms with Gasteiger partial charge >= 0.3 is 0 Å². The Balaban J connectivity index is 1.58. The van der Waals surface area contributed by atoms with Crippen molar-refractivity contribution in [3.8, 4) is 11.6 Å². The first-order valence-electron chi connectivity index (χ1n) is 7.49. The highest BCUT2D eigenvalue weighted by atomic mass is 19.1. The Morgan fingerprint density at radius 2 is 2.09 bits per heavy atom. The Morgan fingerprint density at radius 1 is 1.26 bits per heavy atom. The molecule has 1 atom stereocenters. The van der Waals surface area contributed by atoms with E-state index >= 15 is 0 Å². The summed E-state index contributed by atoms with van der Waals surface area (Å²) in [5, 5.41) is 2.82. The highest BCUT2D eigenvalue weighted by Crippen LogP contribution is 2.21. The molecule has 0 spiro atoms. The maximum atomic E-state index is 12.8. The van der Waals surface area contributed by atoms with Gasteiger partial charge in [0.05, 0.1) is 24.4 Å². The minimum Gasteiger partial charge on any atom is -0.439 e. The van der Waals surface area contributed by atoms with E-state index in [1.54, 1.807) is 12.1 Å². The molecule has 2 heterocycles. The zero-order valence-electron chi connectivity index (χ0n) is 12.5. The van der Waals surface area contributed by atoms with Gasteiger partial charge < -0.3 is 14.8 Å². The van der Waals surface area contributed by atoms with Gasteiger partial charge in [0.15, 0.2) is 0 Å². The lowest BCUT2D eigenvalue weighted by Crippen LogP contribution is -2.30. The number of benzene rings is 1. The number of carbonyl (C=O) groups is 1. The lowest BCUT2D eigenvalue weighted by Gasteiger charge is -2.21. The number of hydrogen-bond acceptors (Lipinski definition) is 4. The fourth-order valence-corrected chi connectivity index (χ4v) is 2.33. The lowest BCUT2D eigenvalue weighted by molar-refractivity contribution is -0.123. The van der Waals surface area contributed by atoms with Crippen molar-refractivity contribution in [3.05, 3.63) is 48.4 Å². The largest absolute Gasteiger partial charge is 0.439 e. The molecule has 6 heteroatoms. The fourth-order valence-electron chi connectivity index (χ4n) is 2.33. The van der Waals surface area contributed by atoms with Gasteiger partial charge in [-0.3, -0.25) is 4.79 Å². The molecule has 0 bridgehead atoms. The Kier molecular flexibility index (Phi) is 4.83. The molecule has 0 aliphatic carbocycles. The third kappa shape index (κ3) is 4.26. The first-order chi connectivity index (χ1) is 11.2. The topological polar surface area (TPSA) is 60.5 Å². The SMILES string of the molecule is O=C(Nc1ccc(Oc2ccc(F)cc2)nc1)C1CCCOC1. The number of amides is 1. The normalized spacial score (nSPS) is 17.5. The number of pyridine rings is 1. The van der Waals surface area contributed by atoms with Gasteiger partial charge in [0.2, 0.25) is 11.8 Å². The van der Waals surface area contributed by atoms with Crippen LogP contribution < -0.4 is 10.1 Å². The Hall–Kier alpha value is -2.47. The second-order valence-corrected chi connectivity index (χ2v) is 5.34. The number of aromatic nitrogens is 1. The van der Waals surface area contributed by atoms with E-state index in [-0.39, 0.29) is 17.6 Å². The van der Waals surface area contributed by atoms with Gasteiger partial charge in [-0.25, -0.2) is 9.37 Å². The molecule has 1 amide bonds. The van der Waals surface area contributed by atoms with E-state index in [2.05, 4.69) is 10.3 Å². The molecule has 0 radical (unpaired) electrons. The van der Waals surface area contributed by atoms with Gasteiger partial charge in [0, 0.05) is 12.7 Å². The number of ether oxygens (including phenoxy) is 2. The summed E-state index contributed by atoms with van der Waals surface area (Å²) < 4.78 is 23.6. The summed E-state index contributed by atoms with van der Waals surface area (Å²) in [6.07, 6.45) is 3.27. The van der Waals surface area contributed by atoms with Gasteiger partial charge in [0.1, 0.15) is 11.6 Å². The van der Waals surface area contributed by atoms with Gasteiger partial charge in [-0.1, -0.05) is 0 Å². The van der Waals surface area contributed by atoms with Gasteiger partial charge in [-0.2, -0.15) is 0 Å². The van der Waals surface area contributed by atoms with Crippen LogP contribution >= 0.6 is 0 Å². The molecule has 120 valence electrons. The monoisotopic (exact) mass is 316 g/mol. The number of hydrogen-bond donors (Lipinski definition) is 1. The predicted octanol–water partition coefficient (Wildman–Crippen LogP) is 3.38. The summed E-state index contributed by atoms with van der Waals surface area (Å²) in [4.78, 5) is 16.2. The molecule has 23 heavy (non-hydrogen) atoms. The Labute approximate surface area is 133 Å². The maximum Gasteiger partial charge on any atom is 0.229 e. The Morgan fingerprint density at radius 3 is 2.74 bits per heavy atom. The summed E-state index contributed by atoms with van der Waals surface area (Å²) in [5.41, 5.74) is 0.604. The van der Waals surface area contributed by atoms with Gasteiger partial charge in [0.25, 0.3) is 0 Å². The molecule has 1 fully saturated rings. The quantitative estimate of drug-likeness (QED) is 0.939. The molecule has 1 N–H and O–H groups in total. The lowest BCUT2D eigenvalue weighted by atomic mass is 10.0.